The van der Waals surface area contributed by atoms with Crippen LogP contribution < -0.4 is 4.83 Å². The third kappa shape index (κ3) is 9.51. The molecule has 7 heteroatoms. The maximum atomic E-state index is 11.6. The summed E-state index contributed by atoms with van der Waals surface area (Å²) in [5, 5.41) is 4.09. The van der Waals surface area contributed by atoms with Gasteiger partial charge in [-0.1, -0.05) is 0 Å². The Hall–Kier alpha value is -0.180. The van der Waals surface area contributed by atoms with E-state index in [1.54, 1.807) is 11.9 Å². The highest BCUT2D eigenvalue weighted by Gasteiger charge is 2.19. The van der Waals surface area contributed by atoms with Crippen LogP contribution in [0.25, 0.3) is 0 Å². The van der Waals surface area contributed by atoms with Gasteiger partial charge in [0, 0.05) is 56.0 Å². The number of hydrazone groups is 1. The molecule has 0 unspecified atom stereocenters. The van der Waals surface area contributed by atoms with Crippen LogP contribution in [0.3, 0.4) is 0 Å². The molecule has 17 heavy (non-hydrogen) atoms. The maximum absolute atomic E-state index is 11.6. The van der Waals surface area contributed by atoms with Gasteiger partial charge in [-0.15, -0.1) is 0 Å². The first-order valence-electron chi connectivity index (χ1n) is 5.26. The predicted molar refractivity (Wildman–Crippen MR) is 81.3 cm³/mol. The van der Waals surface area contributed by atoms with Gasteiger partial charge in [0.25, 0.3) is 0 Å². The zero-order valence-corrected chi connectivity index (χ0v) is 13.9. The van der Waals surface area contributed by atoms with Crippen molar-refractivity contribution in [3.05, 3.63) is 0 Å². The normalized spacial score (nSPS) is 12.2. The first-order valence-corrected chi connectivity index (χ1v) is 8.62. The zero-order chi connectivity index (χ0) is 13.5. The second-order valence-electron chi connectivity index (χ2n) is 4.67. The SMILES string of the molecule is C/C(CCN(C)C(=O)OC(C)(C)C)=N/NSI. The van der Waals surface area contributed by atoms with Crippen LogP contribution in [0.5, 0.6) is 0 Å². The Bertz CT molecular complexity index is 279. The average Bonchev–Trinajstić information content (AvgIpc) is 2.20. The van der Waals surface area contributed by atoms with Gasteiger partial charge in [0.2, 0.25) is 0 Å². The van der Waals surface area contributed by atoms with Crippen LogP contribution in [0.4, 0.5) is 4.79 Å². The number of hydrogen-bond acceptors (Lipinski definition) is 5. The molecule has 0 bridgehead atoms. The van der Waals surface area contributed by atoms with Crippen LogP contribution in [0.2, 0.25) is 0 Å². The van der Waals surface area contributed by atoms with Gasteiger partial charge in [0.15, 0.2) is 0 Å². The molecule has 1 N–H and O–H groups in total. The van der Waals surface area contributed by atoms with E-state index >= 15 is 0 Å². The van der Waals surface area contributed by atoms with Crippen LogP contribution >= 0.6 is 30.3 Å². The number of ether oxygens (including phenoxy) is 1. The van der Waals surface area contributed by atoms with Crippen molar-refractivity contribution in [2.45, 2.75) is 39.7 Å². The molecule has 0 fully saturated rings. The van der Waals surface area contributed by atoms with Crippen molar-refractivity contribution in [2.75, 3.05) is 13.6 Å². The lowest BCUT2D eigenvalue weighted by Gasteiger charge is -2.24. The van der Waals surface area contributed by atoms with E-state index in [0.717, 1.165) is 12.1 Å². The second-order valence-corrected chi connectivity index (χ2v) is 6.33. The molecule has 0 aromatic carbocycles. The van der Waals surface area contributed by atoms with Gasteiger partial charge in [0.05, 0.1) is 0 Å². The molecule has 0 spiro atoms. The Balaban J connectivity index is 4.01. The zero-order valence-electron chi connectivity index (χ0n) is 10.9. The topological polar surface area (TPSA) is 53.9 Å². The van der Waals surface area contributed by atoms with Gasteiger partial charge in [-0.2, -0.15) is 5.10 Å². The molecule has 100 valence electrons. The van der Waals surface area contributed by atoms with Crippen molar-refractivity contribution < 1.29 is 9.53 Å². The first kappa shape index (κ1) is 16.8. The third-order valence-electron chi connectivity index (χ3n) is 1.79. The van der Waals surface area contributed by atoms with Gasteiger partial charge < -0.3 is 9.64 Å². The van der Waals surface area contributed by atoms with Crippen LogP contribution in [-0.2, 0) is 4.74 Å². The van der Waals surface area contributed by atoms with Gasteiger partial charge in [-0.05, 0) is 27.7 Å². The summed E-state index contributed by atoms with van der Waals surface area (Å²) in [5.41, 5.74) is 0.498. The summed E-state index contributed by atoms with van der Waals surface area (Å²) in [6.45, 7) is 8.08. The van der Waals surface area contributed by atoms with Crippen molar-refractivity contribution in [3.8, 4) is 0 Å². The molecule has 0 aliphatic carbocycles. The minimum atomic E-state index is -0.451. The molecular formula is C10H20IN3O2S. The molecule has 0 aromatic heterocycles. The van der Waals surface area contributed by atoms with E-state index in [1.807, 2.05) is 27.7 Å². The summed E-state index contributed by atoms with van der Waals surface area (Å²) >= 11 is 2.10. The molecular weight excluding hydrogens is 353 g/mol. The lowest BCUT2D eigenvalue weighted by Crippen LogP contribution is -2.35. The van der Waals surface area contributed by atoms with E-state index in [9.17, 15) is 4.79 Å². The average molecular weight is 373 g/mol. The van der Waals surface area contributed by atoms with Gasteiger partial charge in [-0.25, -0.2) is 9.63 Å². The third-order valence-corrected chi connectivity index (χ3v) is 2.54. The van der Waals surface area contributed by atoms with Crippen LogP contribution in [0.1, 0.15) is 34.1 Å². The molecule has 5 nitrogen and oxygen atoms in total. The molecule has 0 atom stereocenters. The Morgan fingerprint density at radius 3 is 2.59 bits per heavy atom. The van der Waals surface area contributed by atoms with Crippen molar-refractivity contribution in [3.63, 3.8) is 0 Å². The smallest absolute Gasteiger partial charge is 0.410 e. The van der Waals surface area contributed by atoms with Gasteiger partial charge in [0.1, 0.15) is 5.60 Å². The van der Waals surface area contributed by atoms with Crippen molar-refractivity contribution in [2.24, 2.45) is 5.10 Å². The Morgan fingerprint density at radius 2 is 2.12 bits per heavy atom. The van der Waals surface area contributed by atoms with Crippen LogP contribution in [0, 0.1) is 0 Å². The summed E-state index contributed by atoms with van der Waals surface area (Å²) < 4.78 is 5.24. The fourth-order valence-electron chi connectivity index (χ4n) is 0.912. The number of hydrogen-bond donors (Lipinski definition) is 1. The van der Waals surface area contributed by atoms with Crippen LogP contribution in [-0.4, -0.2) is 35.9 Å². The summed E-state index contributed by atoms with van der Waals surface area (Å²) in [6, 6.07) is 0. The number of nitrogens with zero attached hydrogens (tertiary/aromatic N) is 2. The lowest BCUT2D eigenvalue weighted by atomic mass is 10.2. The highest BCUT2D eigenvalue weighted by atomic mass is 127. The summed E-state index contributed by atoms with van der Waals surface area (Å²) in [5.74, 6) is 0. The number of amides is 1. The van der Waals surface area contributed by atoms with E-state index in [1.165, 1.54) is 9.12 Å². The fourth-order valence-corrected chi connectivity index (χ4v) is 1.40. The molecule has 1 amide bonds. The molecule has 0 aliphatic rings. The number of nitrogens with one attached hydrogen (secondary N) is 1. The van der Waals surface area contributed by atoms with E-state index in [0.29, 0.717) is 6.54 Å². The Morgan fingerprint density at radius 1 is 1.53 bits per heavy atom. The molecule has 0 radical (unpaired) electrons. The van der Waals surface area contributed by atoms with Gasteiger partial charge in [-0.3, -0.25) is 0 Å². The fraction of sp³-hybridized carbons (Fsp3) is 0.800. The molecule has 0 heterocycles. The molecule has 0 rings (SSSR count). The number of rotatable bonds is 5. The highest BCUT2D eigenvalue weighted by molar-refractivity contribution is 14.2. The van der Waals surface area contributed by atoms with Crippen LogP contribution in [0.15, 0.2) is 5.10 Å². The van der Waals surface area contributed by atoms with Gasteiger partial charge >= 0.3 is 6.09 Å². The van der Waals surface area contributed by atoms with E-state index in [2.05, 4.69) is 31.1 Å². The number of halogens is 1. The van der Waals surface area contributed by atoms with E-state index < -0.39 is 5.60 Å². The summed E-state index contributed by atoms with van der Waals surface area (Å²) in [7, 11) is 3.13. The van der Waals surface area contributed by atoms with Crippen molar-refractivity contribution in [1.82, 2.24) is 9.73 Å². The highest BCUT2D eigenvalue weighted by Crippen LogP contribution is 2.09. The minimum Gasteiger partial charge on any atom is -0.444 e. The van der Waals surface area contributed by atoms with E-state index in [-0.39, 0.29) is 6.09 Å². The monoisotopic (exact) mass is 373 g/mol. The Kier molecular flexibility index (Phi) is 7.93. The van der Waals surface area contributed by atoms with Crippen molar-refractivity contribution >= 4 is 42.1 Å². The van der Waals surface area contributed by atoms with Crippen molar-refractivity contribution in [1.29, 1.82) is 0 Å². The number of carbonyl (C=O) groups is 1. The van der Waals surface area contributed by atoms with E-state index in [4.69, 9.17) is 4.74 Å². The molecule has 0 saturated heterocycles. The molecule has 0 aliphatic heterocycles. The Labute approximate surface area is 119 Å². The molecule has 0 saturated carbocycles. The molecule has 0 aromatic rings. The predicted octanol–water partition coefficient (Wildman–Crippen LogP) is 3.21. The quantitative estimate of drug-likeness (QED) is 0.348. The lowest BCUT2D eigenvalue weighted by molar-refractivity contribution is 0.0303. The first-order chi connectivity index (χ1) is 7.76. The number of carbonyl (C=O) groups excluding carboxylic acids is 1. The standard InChI is InChI=1S/C10H20IN3O2S/c1-8(12-13-17-11)6-7-14(5)9(15)16-10(2,3)4/h13H,6-7H2,1-5H3/b12-8-. The second kappa shape index (κ2) is 8.02. The maximum Gasteiger partial charge on any atom is 0.410 e. The summed E-state index contributed by atoms with van der Waals surface area (Å²) in [4.78, 5) is 16.0. The summed E-state index contributed by atoms with van der Waals surface area (Å²) in [6.07, 6.45) is 0.418. The largest absolute Gasteiger partial charge is 0.444 e. The minimum absolute atomic E-state index is 0.304.